The van der Waals surface area contributed by atoms with Gasteiger partial charge in [-0.25, -0.2) is 4.39 Å². The van der Waals surface area contributed by atoms with E-state index < -0.39 is 0 Å². The molecule has 1 aromatic rings. The minimum atomic E-state index is -0.317. The first-order chi connectivity index (χ1) is 12.2. The van der Waals surface area contributed by atoms with Gasteiger partial charge in [0.1, 0.15) is 5.82 Å². The van der Waals surface area contributed by atoms with Crippen LogP contribution in [0, 0.1) is 17.7 Å². The molecule has 3 rings (SSSR count). The first kappa shape index (κ1) is 18.9. The Labute approximate surface area is 155 Å². The van der Waals surface area contributed by atoms with E-state index in [0.29, 0.717) is 17.8 Å². The van der Waals surface area contributed by atoms with Crippen molar-refractivity contribution in [3.63, 3.8) is 0 Å². The molecule has 1 saturated carbocycles. The molecule has 0 aromatic heterocycles. The molecule has 0 N–H and O–H groups in total. The lowest BCUT2D eigenvalue weighted by atomic mass is 9.78. The largest absolute Gasteiger partial charge is 0.352 e. The Kier molecular flexibility index (Phi) is 6.92. The summed E-state index contributed by atoms with van der Waals surface area (Å²) in [5.41, 5.74) is 1.06. The van der Waals surface area contributed by atoms with Crippen molar-refractivity contribution in [3.8, 4) is 0 Å². The van der Waals surface area contributed by atoms with Crippen molar-refractivity contribution in [2.45, 2.75) is 57.7 Å². The highest BCUT2D eigenvalue weighted by Gasteiger charge is 2.32. The predicted molar refractivity (Wildman–Crippen MR) is 99.3 cm³/mol. The highest BCUT2D eigenvalue weighted by Crippen LogP contribution is 2.39. The second kappa shape index (κ2) is 9.16. The maximum absolute atomic E-state index is 13.7. The van der Waals surface area contributed by atoms with Crippen LogP contribution in [0.3, 0.4) is 0 Å². The van der Waals surface area contributed by atoms with E-state index in [0.717, 1.165) is 50.9 Å². The third kappa shape index (κ3) is 5.06. The van der Waals surface area contributed by atoms with Gasteiger partial charge in [0, 0.05) is 11.8 Å². The van der Waals surface area contributed by atoms with Gasteiger partial charge in [-0.2, -0.15) is 0 Å². The molecule has 138 valence electrons. The number of allylic oxidation sites excluding steroid dienone is 1. The molecule has 0 unspecified atom stereocenters. The molecule has 1 aliphatic heterocycles. The van der Waals surface area contributed by atoms with Crippen molar-refractivity contribution >= 4 is 11.6 Å². The van der Waals surface area contributed by atoms with Crippen LogP contribution in [0.4, 0.5) is 4.39 Å². The zero-order valence-corrected chi connectivity index (χ0v) is 15.7. The molecule has 4 heteroatoms. The minimum absolute atomic E-state index is 0.0706. The molecule has 25 heavy (non-hydrogen) atoms. The summed E-state index contributed by atoms with van der Waals surface area (Å²) in [5.74, 6) is 0.934. The number of hydrogen-bond acceptors (Lipinski definition) is 2. The summed E-state index contributed by atoms with van der Waals surface area (Å²) in [4.78, 5) is 0. The van der Waals surface area contributed by atoms with Crippen LogP contribution in [-0.2, 0) is 9.47 Å². The zero-order valence-electron chi connectivity index (χ0n) is 14.9. The first-order valence-electron chi connectivity index (χ1n) is 9.52. The number of ether oxygens (including phenoxy) is 2. The van der Waals surface area contributed by atoms with Gasteiger partial charge >= 0.3 is 0 Å². The lowest BCUT2D eigenvalue weighted by molar-refractivity contribution is -0.222. The van der Waals surface area contributed by atoms with Crippen LogP contribution in [0.1, 0.15) is 56.9 Å². The average Bonchev–Trinajstić information content (AvgIpc) is 2.65. The van der Waals surface area contributed by atoms with Crippen molar-refractivity contribution in [2.75, 3.05) is 13.2 Å². The third-order valence-electron chi connectivity index (χ3n) is 5.38. The second-order valence-electron chi connectivity index (χ2n) is 7.30. The van der Waals surface area contributed by atoms with Crippen molar-refractivity contribution in [1.29, 1.82) is 0 Å². The van der Waals surface area contributed by atoms with Crippen LogP contribution in [0.5, 0.6) is 0 Å². The fourth-order valence-electron chi connectivity index (χ4n) is 3.86. The highest BCUT2D eigenvalue weighted by molar-refractivity contribution is 6.30. The maximum Gasteiger partial charge on any atom is 0.160 e. The molecule has 0 spiro atoms. The molecule has 0 bridgehead atoms. The van der Waals surface area contributed by atoms with Gasteiger partial charge in [-0.05, 0) is 55.7 Å². The number of halogens is 2. The fraction of sp³-hybridized carbons (Fsp3) is 0.619. The summed E-state index contributed by atoms with van der Waals surface area (Å²) >= 11 is 5.78. The number of rotatable bonds is 5. The number of benzene rings is 1. The van der Waals surface area contributed by atoms with E-state index in [1.54, 1.807) is 12.1 Å². The Bertz CT molecular complexity index is 573. The van der Waals surface area contributed by atoms with E-state index in [2.05, 4.69) is 19.1 Å². The number of unbranched alkanes of at least 4 members (excludes halogenated alkanes) is 1. The summed E-state index contributed by atoms with van der Waals surface area (Å²) in [6.45, 7) is 3.70. The normalized spacial score (nSPS) is 30.7. The lowest BCUT2D eigenvalue weighted by Gasteiger charge is -2.37. The third-order valence-corrected chi connectivity index (χ3v) is 5.69. The summed E-state index contributed by atoms with van der Waals surface area (Å²) in [6, 6.07) is 5.21. The van der Waals surface area contributed by atoms with Crippen LogP contribution >= 0.6 is 11.6 Å². The quantitative estimate of drug-likeness (QED) is 0.586. The topological polar surface area (TPSA) is 18.5 Å². The SMILES string of the molecule is CCC/C=C/[C@H]1CO[C@H]([C@H]2CC[C@H](c3ccc(Cl)c(F)c3)CC2)OC1. The van der Waals surface area contributed by atoms with E-state index in [4.69, 9.17) is 21.1 Å². The average molecular weight is 367 g/mol. The molecule has 2 fully saturated rings. The molecule has 0 amide bonds. The van der Waals surface area contributed by atoms with Gasteiger partial charge in [0.25, 0.3) is 0 Å². The standard InChI is InChI=1S/C21H28ClFO2/c1-2-3-4-5-15-13-24-21(25-14-15)17-8-6-16(7-9-17)18-10-11-19(22)20(23)12-18/h4-5,10-12,15-17,21H,2-3,6-9,13-14H2,1H3/b5-4+/t15-,16-,17-,21-. The fourth-order valence-corrected chi connectivity index (χ4v) is 3.98. The molecular formula is C21H28ClFO2. The minimum Gasteiger partial charge on any atom is -0.352 e. The number of hydrogen-bond donors (Lipinski definition) is 0. The lowest BCUT2D eigenvalue weighted by Crippen LogP contribution is -2.37. The highest BCUT2D eigenvalue weighted by atomic mass is 35.5. The van der Waals surface area contributed by atoms with Gasteiger partial charge < -0.3 is 9.47 Å². The van der Waals surface area contributed by atoms with Gasteiger partial charge in [0.05, 0.1) is 18.2 Å². The molecule has 1 heterocycles. The predicted octanol–water partition coefficient (Wildman–Crippen LogP) is 6.10. The smallest absolute Gasteiger partial charge is 0.160 e. The van der Waals surface area contributed by atoms with Crippen LogP contribution in [0.25, 0.3) is 0 Å². The van der Waals surface area contributed by atoms with Gasteiger partial charge in [-0.15, -0.1) is 0 Å². The molecule has 2 aliphatic rings. The molecule has 1 aromatic carbocycles. The summed E-state index contributed by atoms with van der Waals surface area (Å²) in [6.07, 6.45) is 10.9. The van der Waals surface area contributed by atoms with Gasteiger partial charge in [-0.3, -0.25) is 0 Å². The van der Waals surface area contributed by atoms with Crippen molar-refractivity contribution in [3.05, 3.63) is 46.8 Å². The van der Waals surface area contributed by atoms with Crippen molar-refractivity contribution in [2.24, 2.45) is 11.8 Å². The van der Waals surface area contributed by atoms with E-state index >= 15 is 0 Å². The van der Waals surface area contributed by atoms with Crippen molar-refractivity contribution in [1.82, 2.24) is 0 Å². The summed E-state index contributed by atoms with van der Waals surface area (Å²) in [7, 11) is 0. The molecule has 2 nitrogen and oxygen atoms in total. The maximum atomic E-state index is 13.7. The molecule has 1 aliphatic carbocycles. The summed E-state index contributed by atoms with van der Waals surface area (Å²) in [5, 5.41) is 0.198. The van der Waals surface area contributed by atoms with E-state index in [1.807, 2.05) is 6.07 Å². The first-order valence-corrected chi connectivity index (χ1v) is 9.90. The summed E-state index contributed by atoms with van der Waals surface area (Å²) < 4.78 is 25.6. The van der Waals surface area contributed by atoms with Crippen molar-refractivity contribution < 1.29 is 13.9 Å². The van der Waals surface area contributed by atoms with Gasteiger partial charge in [0.2, 0.25) is 0 Å². The second-order valence-corrected chi connectivity index (χ2v) is 7.70. The Morgan fingerprint density at radius 3 is 2.52 bits per heavy atom. The van der Waals surface area contributed by atoms with Gasteiger partial charge in [0.15, 0.2) is 6.29 Å². The van der Waals surface area contributed by atoms with E-state index in [9.17, 15) is 4.39 Å². The molecule has 0 atom stereocenters. The zero-order chi connectivity index (χ0) is 17.6. The van der Waals surface area contributed by atoms with Crippen LogP contribution in [0.15, 0.2) is 30.4 Å². The Morgan fingerprint density at radius 2 is 1.88 bits per heavy atom. The van der Waals surface area contributed by atoms with Crippen LogP contribution < -0.4 is 0 Å². The van der Waals surface area contributed by atoms with Gasteiger partial charge in [-0.1, -0.05) is 43.2 Å². The van der Waals surface area contributed by atoms with Crippen LogP contribution in [0.2, 0.25) is 5.02 Å². The Morgan fingerprint density at radius 1 is 1.16 bits per heavy atom. The Hall–Kier alpha value is -0.900. The monoisotopic (exact) mass is 366 g/mol. The molecule has 1 saturated heterocycles. The molecular weight excluding hydrogens is 339 g/mol. The van der Waals surface area contributed by atoms with E-state index in [1.165, 1.54) is 6.42 Å². The van der Waals surface area contributed by atoms with E-state index in [-0.39, 0.29) is 17.1 Å². The van der Waals surface area contributed by atoms with Crippen LogP contribution in [-0.4, -0.2) is 19.5 Å². The Balaban J connectivity index is 1.46. The molecule has 0 radical (unpaired) electrons.